The second-order valence-corrected chi connectivity index (χ2v) is 4.26. The quantitative estimate of drug-likeness (QED) is 0.661. The molecule has 0 aliphatic heterocycles. The third kappa shape index (κ3) is 1.12. The van der Waals surface area contributed by atoms with Gasteiger partial charge in [0.1, 0.15) is 0 Å². The number of halogens is 1. The molecule has 0 atom stereocenters. The van der Waals surface area contributed by atoms with Crippen molar-refractivity contribution in [2.75, 3.05) is 0 Å². The smallest absolute Gasteiger partial charge is 0.0494 e. The molecule has 2 aromatic rings. The number of rotatable bonds is 0. The lowest BCUT2D eigenvalue weighted by Gasteiger charge is -1.97. The third-order valence-corrected chi connectivity index (χ3v) is 3.43. The van der Waals surface area contributed by atoms with Gasteiger partial charge < -0.3 is 4.57 Å². The van der Waals surface area contributed by atoms with Crippen LogP contribution in [0.4, 0.5) is 0 Å². The first-order chi connectivity index (χ1) is 6.13. The number of fused-ring (bicyclic) bond motifs is 1. The molecule has 0 radical (unpaired) electrons. The molecule has 0 aliphatic rings. The Morgan fingerprint density at radius 1 is 1.23 bits per heavy atom. The van der Waals surface area contributed by atoms with Gasteiger partial charge in [-0.1, -0.05) is 22.0 Å². The lowest BCUT2D eigenvalue weighted by atomic mass is 10.2. The summed E-state index contributed by atoms with van der Waals surface area (Å²) in [5, 5.41) is 1.34. The second kappa shape index (κ2) is 2.88. The monoisotopic (exact) mass is 237 g/mol. The summed E-state index contributed by atoms with van der Waals surface area (Å²) >= 11 is 3.58. The van der Waals surface area contributed by atoms with Gasteiger partial charge in [-0.25, -0.2) is 0 Å². The summed E-state index contributed by atoms with van der Waals surface area (Å²) < 4.78 is 3.42. The zero-order chi connectivity index (χ0) is 9.59. The van der Waals surface area contributed by atoms with Gasteiger partial charge in [-0.3, -0.25) is 0 Å². The molecule has 0 N–H and O–H groups in total. The minimum Gasteiger partial charge on any atom is -0.348 e. The van der Waals surface area contributed by atoms with E-state index in [1.54, 1.807) is 0 Å². The number of hydrogen-bond acceptors (Lipinski definition) is 0. The largest absolute Gasteiger partial charge is 0.348 e. The van der Waals surface area contributed by atoms with Crippen molar-refractivity contribution in [3.05, 3.63) is 33.9 Å². The molecule has 2 rings (SSSR count). The normalized spacial score (nSPS) is 11.1. The summed E-state index contributed by atoms with van der Waals surface area (Å²) in [5.74, 6) is 0. The Balaban J connectivity index is 3.03. The zero-order valence-corrected chi connectivity index (χ0v) is 9.64. The lowest BCUT2D eigenvalue weighted by molar-refractivity contribution is 0.910. The van der Waals surface area contributed by atoms with Gasteiger partial charge in [0.05, 0.1) is 0 Å². The Hall–Kier alpha value is -0.760. The molecule has 2 heteroatoms. The van der Waals surface area contributed by atoms with E-state index in [9.17, 15) is 0 Å². The van der Waals surface area contributed by atoms with E-state index in [-0.39, 0.29) is 0 Å². The topological polar surface area (TPSA) is 4.93 Å². The van der Waals surface area contributed by atoms with Gasteiger partial charge in [0.25, 0.3) is 0 Å². The number of benzene rings is 1. The van der Waals surface area contributed by atoms with Crippen molar-refractivity contribution in [3.8, 4) is 0 Å². The standard InChI is InChI=1S/C11H12BrN/c1-7-8(2)13(3)10-6-4-5-9(12)11(7)10/h4-6H,1-3H3. The predicted octanol–water partition coefficient (Wildman–Crippen LogP) is 3.56. The first-order valence-corrected chi connectivity index (χ1v) is 5.12. The molecule has 13 heavy (non-hydrogen) atoms. The molecule has 0 saturated heterocycles. The van der Waals surface area contributed by atoms with E-state index in [1.165, 1.54) is 26.6 Å². The Kier molecular flexibility index (Phi) is 1.95. The molecule has 68 valence electrons. The van der Waals surface area contributed by atoms with Crippen LogP contribution >= 0.6 is 15.9 Å². The Labute approximate surface area is 86.5 Å². The Morgan fingerprint density at radius 3 is 2.54 bits per heavy atom. The van der Waals surface area contributed by atoms with Crippen molar-refractivity contribution in [1.82, 2.24) is 4.57 Å². The Morgan fingerprint density at radius 2 is 1.92 bits per heavy atom. The molecular formula is C11H12BrN. The molecule has 0 saturated carbocycles. The van der Waals surface area contributed by atoms with Crippen LogP contribution in [0, 0.1) is 13.8 Å². The van der Waals surface area contributed by atoms with Gasteiger partial charge in [-0.2, -0.15) is 0 Å². The van der Waals surface area contributed by atoms with Crippen LogP contribution in [0.25, 0.3) is 10.9 Å². The van der Waals surface area contributed by atoms with Crippen LogP contribution in [0.1, 0.15) is 11.3 Å². The molecule has 1 aromatic heterocycles. The first kappa shape index (κ1) is 8.82. The number of aromatic nitrogens is 1. The van der Waals surface area contributed by atoms with Gasteiger partial charge in [0.15, 0.2) is 0 Å². The van der Waals surface area contributed by atoms with Crippen LogP contribution in [0.2, 0.25) is 0 Å². The Bertz CT molecular complexity index is 468. The highest BCUT2D eigenvalue weighted by molar-refractivity contribution is 9.10. The lowest BCUT2D eigenvalue weighted by Crippen LogP contribution is -1.89. The van der Waals surface area contributed by atoms with Crippen LogP contribution in [0.5, 0.6) is 0 Å². The number of nitrogens with zero attached hydrogens (tertiary/aromatic N) is 1. The maximum Gasteiger partial charge on any atom is 0.0494 e. The van der Waals surface area contributed by atoms with Gasteiger partial charge in [0.2, 0.25) is 0 Å². The van der Waals surface area contributed by atoms with E-state index >= 15 is 0 Å². The number of hydrogen-bond donors (Lipinski definition) is 0. The minimum absolute atomic E-state index is 1.19. The molecule has 1 heterocycles. The van der Waals surface area contributed by atoms with Crippen LogP contribution in [-0.2, 0) is 7.05 Å². The van der Waals surface area contributed by atoms with Gasteiger partial charge >= 0.3 is 0 Å². The first-order valence-electron chi connectivity index (χ1n) is 4.33. The van der Waals surface area contributed by atoms with Gasteiger partial charge in [0, 0.05) is 28.1 Å². The van der Waals surface area contributed by atoms with E-state index in [0.29, 0.717) is 0 Å². The summed E-state index contributed by atoms with van der Waals surface area (Å²) in [6.07, 6.45) is 0. The van der Waals surface area contributed by atoms with E-state index in [1.807, 2.05) is 0 Å². The van der Waals surface area contributed by atoms with E-state index in [4.69, 9.17) is 0 Å². The van der Waals surface area contributed by atoms with Crippen molar-refractivity contribution in [2.45, 2.75) is 13.8 Å². The molecule has 0 amide bonds. The average molecular weight is 238 g/mol. The fourth-order valence-corrected chi connectivity index (χ4v) is 2.43. The molecule has 1 nitrogen and oxygen atoms in total. The zero-order valence-electron chi connectivity index (χ0n) is 8.06. The highest BCUT2D eigenvalue weighted by atomic mass is 79.9. The summed E-state index contributed by atoms with van der Waals surface area (Å²) in [7, 11) is 2.11. The minimum atomic E-state index is 1.19. The maximum absolute atomic E-state index is 3.58. The molecule has 0 fully saturated rings. The van der Waals surface area contributed by atoms with Crippen LogP contribution < -0.4 is 0 Å². The fourth-order valence-electron chi connectivity index (χ4n) is 1.78. The van der Waals surface area contributed by atoms with Gasteiger partial charge in [-0.05, 0) is 31.5 Å². The van der Waals surface area contributed by atoms with E-state index in [2.05, 4.69) is 59.6 Å². The number of aryl methyl sites for hydroxylation is 2. The second-order valence-electron chi connectivity index (χ2n) is 3.40. The van der Waals surface area contributed by atoms with Crippen LogP contribution in [-0.4, -0.2) is 4.57 Å². The van der Waals surface area contributed by atoms with Crippen molar-refractivity contribution in [3.63, 3.8) is 0 Å². The third-order valence-electron chi connectivity index (χ3n) is 2.77. The van der Waals surface area contributed by atoms with Crippen molar-refractivity contribution >= 4 is 26.8 Å². The van der Waals surface area contributed by atoms with E-state index < -0.39 is 0 Å². The van der Waals surface area contributed by atoms with Crippen molar-refractivity contribution in [1.29, 1.82) is 0 Å². The summed E-state index contributed by atoms with van der Waals surface area (Å²) in [4.78, 5) is 0. The van der Waals surface area contributed by atoms with Crippen molar-refractivity contribution < 1.29 is 0 Å². The molecule has 0 bridgehead atoms. The molecule has 0 aliphatic carbocycles. The molecule has 1 aromatic carbocycles. The predicted molar refractivity (Wildman–Crippen MR) is 60.1 cm³/mol. The van der Waals surface area contributed by atoms with Gasteiger partial charge in [-0.15, -0.1) is 0 Å². The van der Waals surface area contributed by atoms with Crippen molar-refractivity contribution in [2.24, 2.45) is 7.05 Å². The van der Waals surface area contributed by atoms with E-state index in [0.717, 1.165) is 0 Å². The summed E-state index contributed by atoms with van der Waals surface area (Å²) in [5.41, 5.74) is 4.00. The van der Waals surface area contributed by atoms with Crippen LogP contribution in [0.15, 0.2) is 22.7 Å². The molecule has 0 unspecified atom stereocenters. The molecule has 0 spiro atoms. The summed E-state index contributed by atoms with van der Waals surface area (Å²) in [6.45, 7) is 4.32. The molecular weight excluding hydrogens is 226 g/mol. The fraction of sp³-hybridized carbons (Fsp3) is 0.273. The van der Waals surface area contributed by atoms with Crippen LogP contribution in [0.3, 0.4) is 0 Å². The highest BCUT2D eigenvalue weighted by Gasteiger charge is 2.09. The highest BCUT2D eigenvalue weighted by Crippen LogP contribution is 2.30. The maximum atomic E-state index is 3.58. The summed E-state index contributed by atoms with van der Waals surface area (Å²) in [6, 6.07) is 6.32. The SMILES string of the molecule is Cc1c(C)n(C)c2cccc(Br)c12. The average Bonchev–Trinajstić information content (AvgIpc) is 2.33.